The summed E-state index contributed by atoms with van der Waals surface area (Å²) >= 11 is 5.97. The smallest absolute Gasteiger partial charge is 0.255 e. The van der Waals surface area contributed by atoms with Crippen LogP contribution in [0, 0.1) is 0 Å². The van der Waals surface area contributed by atoms with Gasteiger partial charge in [0.1, 0.15) is 12.4 Å². The number of amides is 1. The number of nitrogens with zero attached hydrogens (tertiary/aromatic N) is 1. The topological polar surface area (TPSA) is 75.7 Å². The lowest BCUT2D eigenvalue weighted by molar-refractivity contribution is -0.113. The van der Waals surface area contributed by atoms with Gasteiger partial charge in [0.05, 0.1) is 10.5 Å². The monoisotopic (exact) mass is 392 g/mol. The molecule has 8 heteroatoms. The Bertz CT molecular complexity index is 1000. The van der Waals surface area contributed by atoms with Gasteiger partial charge in [-0.25, -0.2) is 12.7 Å². The van der Waals surface area contributed by atoms with Crippen LogP contribution in [0.3, 0.4) is 0 Å². The molecule has 2 aromatic rings. The largest absolute Gasteiger partial charge is 0.488 e. The molecule has 0 spiro atoms. The average molecular weight is 393 g/mol. The Morgan fingerprint density at radius 3 is 2.69 bits per heavy atom. The van der Waals surface area contributed by atoms with Gasteiger partial charge in [-0.15, -0.1) is 0 Å². The first kappa shape index (κ1) is 18.4. The van der Waals surface area contributed by atoms with E-state index in [1.54, 1.807) is 36.4 Å². The molecule has 0 aliphatic carbocycles. The number of sulfonamides is 1. The molecule has 0 fully saturated rings. The fraction of sp³-hybridized carbons (Fsp3) is 0.167. The zero-order chi connectivity index (χ0) is 18.9. The summed E-state index contributed by atoms with van der Waals surface area (Å²) in [4.78, 5) is 12.6. The molecule has 1 amide bonds. The van der Waals surface area contributed by atoms with Crippen molar-refractivity contribution in [2.75, 3.05) is 26.0 Å². The van der Waals surface area contributed by atoms with Crippen LogP contribution < -0.4 is 10.1 Å². The molecule has 1 N–H and O–H groups in total. The van der Waals surface area contributed by atoms with Crippen LogP contribution in [-0.4, -0.2) is 39.3 Å². The highest BCUT2D eigenvalue weighted by Gasteiger charge is 2.20. The molecular weight excluding hydrogens is 376 g/mol. The van der Waals surface area contributed by atoms with Crippen molar-refractivity contribution in [3.8, 4) is 5.75 Å². The lowest BCUT2D eigenvalue weighted by Crippen LogP contribution is -2.23. The van der Waals surface area contributed by atoms with Gasteiger partial charge in [0.2, 0.25) is 10.0 Å². The van der Waals surface area contributed by atoms with Gasteiger partial charge in [-0.2, -0.15) is 0 Å². The van der Waals surface area contributed by atoms with Crippen LogP contribution in [0.2, 0.25) is 5.02 Å². The molecule has 1 aliphatic rings. The number of carbonyl (C=O) groups excluding carboxylic acids is 1. The predicted octanol–water partition coefficient (Wildman–Crippen LogP) is 3.00. The number of anilines is 1. The Morgan fingerprint density at radius 1 is 1.19 bits per heavy atom. The number of nitrogens with one attached hydrogen (secondary N) is 1. The van der Waals surface area contributed by atoms with Crippen molar-refractivity contribution in [3.05, 3.63) is 58.6 Å². The van der Waals surface area contributed by atoms with Crippen molar-refractivity contribution in [1.82, 2.24) is 4.31 Å². The van der Waals surface area contributed by atoms with Crippen molar-refractivity contribution in [3.63, 3.8) is 0 Å². The lowest BCUT2D eigenvalue weighted by Gasteiger charge is -2.18. The van der Waals surface area contributed by atoms with Crippen LogP contribution in [0.5, 0.6) is 5.75 Å². The third-order valence-electron chi connectivity index (χ3n) is 3.85. The molecule has 0 aromatic heterocycles. The number of rotatable bonds is 4. The molecule has 3 rings (SSSR count). The normalized spacial score (nSPS) is 13.6. The van der Waals surface area contributed by atoms with E-state index in [0.717, 1.165) is 9.87 Å². The third kappa shape index (κ3) is 3.75. The van der Waals surface area contributed by atoms with Crippen LogP contribution in [0.15, 0.2) is 52.9 Å². The molecule has 2 aromatic carbocycles. The number of halogens is 1. The molecule has 1 aliphatic heterocycles. The third-order valence-corrected chi connectivity index (χ3v) is 5.89. The zero-order valence-electron chi connectivity index (χ0n) is 14.2. The summed E-state index contributed by atoms with van der Waals surface area (Å²) in [6.45, 7) is 0.121. The van der Waals surface area contributed by atoms with E-state index in [-0.39, 0.29) is 17.4 Å². The van der Waals surface area contributed by atoms with Crippen LogP contribution in [-0.2, 0) is 14.8 Å². The van der Waals surface area contributed by atoms with Gasteiger partial charge in [0, 0.05) is 30.4 Å². The predicted molar refractivity (Wildman–Crippen MR) is 101 cm³/mol. The standard InChI is InChI=1S/C18H17ClN2O4S/c1-21(2)26(23,24)16-5-3-4-15(10-16)20-18(22)13-8-12-9-14(19)6-7-17(12)25-11-13/h3-10H,11H2,1-2H3,(H,20,22). The van der Waals surface area contributed by atoms with E-state index in [1.807, 2.05) is 0 Å². The molecule has 26 heavy (non-hydrogen) atoms. The van der Waals surface area contributed by atoms with Crippen LogP contribution in [0.4, 0.5) is 5.69 Å². The van der Waals surface area contributed by atoms with Crippen LogP contribution >= 0.6 is 11.6 Å². The van der Waals surface area contributed by atoms with Crippen molar-refractivity contribution in [2.24, 2.45) is 0 Å². The minimum absolute atomic E-state index is 0.103. The van der Waals surface area contributed by atoms with Crippen molar-refractivity contribution < 1.29 is 17.9 Å². The number of fused-ring (bicyclic) bond motifs is 1. The van der Waals surface area contributed by atoms with E-state index in [4.69, 9.17) is 16.3 Å². The molecule has 6 nitrogen and oxygen atoms in total. The average Bonchev–Trinajstić information content (AvgIpc) is 2.61. The first-order valence-corrected chi connectivity index (χ1v) is 9.56. The molecule has 0 atom stereocenters. The summed E-state index contributed by atoms with van der Waals surface area (Å²) in [5.74, 6) is 0.292. The van der Waals surface area contributed by atoms with Crippen LogP contribution in [0.1, 0.15) is 5.56 Å². The Morgan fingerprint density at radius 2 is 1.96 bits per heavy atom. The summed E-state index contributed by atoms with van der Waals surface area (Å²) in [6.07, 6.45) is 1.71. The van der Waals surface area contributed by atoms with Gasteiger partial charge in [0.15, 0.2) is 0 Å². The van der Waals surface area contributed by atoms with Crippen molar-refractivity contribution in [1.29, 1.82) is 0 Å². The van der Waals surface area contributed by atoms with Gasteiger partial charge in [-0.3, -0.25) is 4.79 Å². The molecule has 0 saturated heterocycles. The molecule has 1 heterocycles. The molecular formula is C18H17ClN2O4S. The van der Waals surface area contributed by atoms with Gasteiger partial charge in [-0.05, 0) is 42.5 Å². The fourth-order valence-corrected chi connectivity index (χ4v) is 3.56. The SMILES string of the molecule is CN(C)S(=O)(=O)c1cccc(NC(=O)C2=Cc3cc(Cl)ccc3OC2)c1. The number of benzene rings is 2. The van der Waals surface area contributed by atoms with Crippen LogP contribution in [0.25, 0.3) is 6.08 Å². The number of carbonyl (C=O) groups is 1. The summed E-state index contributed by atoms with van der Waals surface area (Å²) < 4.78 is 31.1. The molecule has 0 unspecified atom stereocenters. The first-order chi connectivity index (χ1) is 12.3. The molecule has 0 radical (unpaired) electrons. The van der Waals surface area contributed by atoms with Gasteiger partial charge in [0.25, 0.3) is 5.91 Å². The van der Waals surface area contributed by atoms with E-state index >= 15 is 0 Å². The highest BCUT2D eigenvalue weighted by Crippen LogP contribution is 2.29. The Labute approximate surface area is 157 Å². The summed E-state index contributed by atoms with van der Waals surface area (Å²) in [5.41, 5.74) is 1.52. The minimum Gasteiger partial charge on any atom is -0.488 e. The second-order valence-electron chi connectivity index (χ2n) is 5.91. The zero-order valence-corrected chi connectivity index (χ0v) is 15.8. The maximum atomic E-state index is 12.5. The molecule has 136 valence electrons. The first-order valence-electron chi connectivity index (χ1n) is 7.74. The Hall–Kier alpha value is -2.35. The Balaban J connectivity index is 1.83. The van der Waals surface area contributed by atoms with Gasteiger partial charge in [-0.1, -0.05) is 17.7 Å². The van der Waals surface area contributed by atoms with Crippen molar-refractivity contribution in [2.45, 2.75) is 4.90 Å². The van der Waals surface area contributed by atoms with Gasteiger partial charge >= 0.3 is 0 Å². The van der Waals surface area contributed by atoms with Crippen molar-refractivity contribution >= 4 is 39.3 Å². The lowest BCUT2D eigenvalue weighted by atomic mass is 10.1. The highest BCUT2D eigenvalue weighted by atomic mass is 35.5. The summed E-state index contributed by atoms with van der Waals surface area (Å²) in [7, 11) is -0.673. The number of hydrogen-bond acceptors (Lipinski definition) is 4. The maximum absolute atomic E-state index is 12.5. The second-order valence-corrected chi connectivity index (χ2v) is 8.50. The molecule has 0 bridgehead atoms. The van der Waals surface area contributed by atoms with E-state index in [9.17, 15) is 13.2 Å². The molecule has 0 saturated carbocycles. The number of ether oxygens (including phenoxy) is 1. The summed E-state index contributed by atoms with van der Waals surface area (Å²) in [6, 6.07) is 11.3. The minimum atomic E-state index is -3.58. The van der Waals surface area contributed by atoms with E-state index in [1.165, 1.54) is 26.2 Å². The number of hydrogen-bond donors (Lipinski definition) is 1. The Kier molecular flexibility index (Phi) is 5.04. The van der Waals surface area contributed by atoms with E-state index in [2.05, 4.69) is 5.32 Å². The second kappa shape index (κ2) is 7.11. The summed E-state index contributed by atoms with van der Waals surface area (Å²) in [5, 5.41) is 3.25. The van der Waals surface area contributed by atoms with E-state index < -0.39 is 10.0 Å². The van der Waals surface area contributed by atoms with Gasteiger partial charge < -0.3 is 10.1 Å². The highest BCUT2D eigenvalue weighted by molar-refractivity contribution is 7.89. The quantitative estimate of drug-likeness (QED) is 0.867. The van der Waals surface area contributed by atoms with E-state index in [0.29, 0.717) is 22.0 Å². The maximum Gasteiger partial charge on any atom is 0.255 e. The fourth-order valence-electron chi connectivity index (χ4n) is 2.44.